The van der Waals surface area contributed by atoms with E-state index in [1.54, 1.807) is 0 Å². The van der Waals surface area contributed by atoms with E-state index in [9.17, 15) is 9.59 Å². The third kappa shape index (κ3) is 2.24. The van der Waals surface area contributed by atoms with Crippen molar-refractivity contribution in [3.63, 3.8) is 0 Å². The lowest BCUT2D eigenvalue weighted by molar-refractivity contribution is 0.645. The lowest BCUT2D eigenvalue weighted by Crippen LogP contribution is -2.38. The number of hydrogen-bond acceptors (Lipinski definition) is 2. The largest absolute Gasteiger partial charge is 0.332 e. The minimum absolute atomic E-state index is 0.159. The first-order valence-corrected chi connectivity index (χ1v) is 5.89. The fourth-order valence-electron chi connectivity index (χ4n) is 1.74. The van der Waals surface area contributed by atoms with Gasteiger partial charge in [0.15, 0.2) is 0 Å². The van der Waals surface area contributed by atoms with Crippen LogP contribution in [-0.4, -0.2) is 9.13 Å². The molecule has 1 aromatic heterocycles. The molecule has 0 saturated heterocycles. The molecular formula is C13H13ClN2O2. The van der Waals surface area contributed by atoms with Crippen molar-refractivity contribution in [3.05, 3.63) is 67.4 Å². The van der Waals surface area contributed by atoms with Crippen LogP contribution in [0.4, 0.5) is 0 Å². The minimum Gasteiger partial charge on any atom is -0.279 e. The highest BCUT2D eigenvalue weighted by Crippen LogP contribution is 2.11. The van der Waals surface area contributed by atoms with Crippen LogP contribution in [0.25, 0.3) is 0 Å². The van der Waals surface area contributed by atoms with Gasteiger partial charge >= 0.3 is 5.69 Å². The van der Waals surface area contributed by atoms with Gasteiger partial charge in [-0.25, -0.2) is 4.79 Å². The molecule has 2 aromatic rings. The highest BCUT2D eigenvalue weighted by Gasteiger charge is 2.08. The molecule has 2 rings (SSSR count). The van der Waals surface area contributed by atoms with Crippen LogP contribution in [0, 0.1) is 6.92 Å². The fourth-order valence-corrected chi connectivity index (χ4v) is 1.97. The highest BCUT2D eigenvalue weighted by molar-refractivity contribution is 6.29. The number of rotatable bonds is 2. The van der Waals surface area contributed by atoms with Gasteiger partial charge in [0.2, 0.25) is 0 Å². The number of nitrogens with zero attached hydrogens (tertiary/aromatic N) is 2. The SMILES string of the molecule is Cc1ccccc1Cn1c(Cl)cc(=O)n(C)c1=O. The Labute approximate surface area is 109 Å². The van der Waals surface area contributed by atoms with E-state index in [0.29, 0.717) is 6.54 Å². The molecule has 0 aliphatic rings. The molecule has 0 bridgehead atoms. The van der Waals surface area contributed by atoms with E-state index in [0.717, 1.165) is 15.7 Å². The highest BCUT2D eigenvalue weighted by atomic mass is 35.5. The molecule has 0 radical (unpaired) electrons. The summed E-state index contributed by atoms with van der Waals surface area (Å²) in [6.07, 6.45) is 0. The predicted molar refractivity (Wildman–Crippen MR) is 71.2 cm³/mol. The van der Waals surface area contributed by atoms with Gasteiger partial charge in [0.1, 0.15) is 5.15 Å². The van der Waals surface area contributed by atoms with E-state index in [4.69, 9.17) is 11.6 Å². The maximum absolute atomic E-state index is 12.0. The van der Waals surface area contributed by atoms with Gasteiger partial charge in [-0.15, -0.1) is 0 Å². The van der Waals surface area contributed by atoms with E-state index < -0.39 is 11.2 Å². The summed E-state index contributed by atoms with van der Waals surface area (Å²) in [5.41, 5.74) is 1.27. The summed E-state index contributed by atoms with van der Waals surface area (Å²) < 4.78 is 2.43. The molecule has 0 atom stereocenters. The maximum atomic E-state index is 12.0. The summed E-state index contributed by atoms with van der Waals surface area (Å²) in [5.74, 6) is 0. The summed E-state index contributed by atoms with van der Waals surface area (Å²) in [6, 6.07) is 8.99. The second-order valence-electron chi connectivity index (χ2n) is 4.16. The van der Waals surface area contributed by atoms with E-state index in [2.05, 4.69) is 0 Å². The van der Waals surface area contributed by atoms with Crippen LogP contribution in [0.5, 0.6) is 0 Å². The van der Waals surface area contributed by atoms with Crippen LogP contribution in [0.3, 0.4) is 0 Å². The Morgan fingerprint density at radius 1 is 1.22 bits per heavy atom. The molecule has 1 aromatic carbocycles. The van der Waals surface area contributed by atoms with Crippen LogP contribution >= 0.6 is 11.6 Å². The summed E-state index contributed by atoms with van der Waals surface area (Å²) in [7, 11) is 1.44. The molecule has 4 nitrogen and oxygen atoms in total. The standard InChI is InChI=1S/C13H13ClN2O2/c1-9-5-3-4-6-10(9)8-16-11(14)7-12(17)15(2)13(16)18/h3-7H,8H2,1-2H3. The minimum atomic E-state index is -0.407. The van der Waals surface area contributed by atoms with Gasteiger partial charge in [-0.05, 0) is 18.1 Å². The van der Waals surface area contributed by atoms with E-state index in [1.807, 2.05) is 31.2 Å². The zero-order valence-corrected chi connectivity index (χ0v) is 10.9. The van der Waals surface area contributed by atoms with Crippen molar-refractivity contribution in [1.29, 1.82) is 0 Å². The quantitative estimate of drug-likeness (QED) is 0.773. The summed E-state index contributed by atoms with van der Waals surface area (Å²) >= 11 is 5.96. The topological polar surface area (TPSA) is 44.0 Å². The van der Waals surface area contributed by atoms with Gasteiger partial charge in [-0.2, -0.15) is 0 Å². The van der Waals surface area contributed by atoms with Crippen molar-refractivity contribution >= 4 is 11.6 Å². The second-order valence-corrected chi connectivity index (χ2v) is 4.55. The first-order chi connectivity index (χ1) is 8.50. The maximum Gasteiger partial charge on any atom is 0.332 e. The van der Waals surface area contributed by atoms with Crippen molar-refractivity contribution in [2.24, 2.45) is 7.05 Å². The zero-order valence-electron chi connectivity index (χ0n) is 10.2. The van der Waals surface area contributed by atoms with E-state index in [-0.39, 0.29) is 5.15 Å². The molecule has 0 amide bonds. The molecule has 0 aliphatic heterocycles. The van der Waals surface area contributed by atoms with Crippen molar-refractivity contribution in [2.75, 3.05) is 0 Å². The normalized spacial score (nSPS) is 10.6. The zero-order chi connectivity index (χ0) is 13.3. The van der Waals surface area contributed by atoms with Crippen LogP contribution in [0.1, 0.15) is 11.1 Å². The molecule has 0 spiro atoms. The lowest BCUT2D eigenvalue weighted by Gasteiger charge is -2.11. The second kappa shape index (κ2) is 4.82. The number of halogens is 1. The predicted octanol–water partition coefficient (Wildman–Crippen LogP) is 1.56. The Morgan fingerprint density at radius 3 is 2.56 bits per heavy atom. The van der Waals surface area contributed by atoms with Crippen molar-refractivity contribution in [1.82, 2.24) is 9.13 Å². The molecule has 0 unspecified atom stereocenters. The van der Waals surface area contributed by atoms with Crippen molar-refractivity contribution in [2.45, 2.75) is 13.5 Å². The van der Waals surface area contributed by atoms with Gasteiger partial charge < -0.3 is 0 Å². The molecular weight excluding hydrogens is 252 g/mol. The van der Waals surface area contributed by atoms with Gasteiger partial charge in [-0.1, -0.05) is 35.9 Å². The first kappa shape index (κ1) is 12.6. The van der Waals surface area contributed by atoms with Crippen molar-refractivity contribution < 1.29 is 0 Å². The Balaban J connectivity index is 2.55. The first-order valence-electron chi connectivity index (χ1n) is 5.51. The molecule has 5 heteroatoms. The Morgan fingerprint density at radius 2 is 1.89 bits per heavy atom. The Kier molecular flexibility index (Phi) is 3.39. The van der Waals surface area contributed by atoms with Gasteiger partial charge in [0.05, 0.1) is 6.54 Å². The third-order valence-corrected chi connectivity index (χ3v) is 3.25. The summed E-state index contributed by atoms with van der Waals surface area (Å²) in [4.78, 5) is 23.4. The molecule has 0 N–H and O–H groups in total. The van der Waals surface area contributed by atoms with Crippen LogP contribution < -0.4 is 11.2 Å². The smallest absolute Gasteiger partial charge is 0.279 e. The molecule has 0 saturated carbocycles. The molecule has 18 heavy (non-hydrogen) atoms. The monoisotopic (exact) mass is 264 g/mol. The van der Waals surface area contributed by atoms with E-state index in [1.165, 1.54) is 17.7 Å². The van der Waals surface area contributed by atoms with Crippen LogP contribution in [0.15, 0.2) is 39.9 Å². The average molecular weight is 265 g/mol. The summed E-state index contributed by atoms with van der Waals surface area (Å²) in [5, 5.41) is 0.159. The molecule has 0 aliphatic carbocycles. The fraction of sp³-hybridized carbons (Fsp3) is 0.231. The summed E-state index contributed by atoms with van der Waals surface area (Å²) in [6.45, 7) is 2.33. The van der Waals surface area contributed by atoms with Crippen LogP contribution in [-0.2, 0) is 13.6 Å². The number of benzene rings is 1. The van der Waals surface area contributed by atoms with Gasteiger partial charge in [-0.3, -0.25) is 13.9 Å². The van der Waals surface area contributed by atoms with E-state index >= 15 is 0 Å². The Bertz CT molecular complexity index is 701. The average Bonchev–Trinajstić information content (AvgIpc) is 2.34. The van der Waals surface area contributed by atoms with Crippen LogP contribution in [0.2, 0.25) is 5.15 Å². The lowest BCUT2D eigenvalue weighted by atomic mass is 10.1. The van der Waals surface area contributed by atoms with Gasteiger partial charge in [0.25, 0.3) is 5.56 Å². The molecule has 94 valence electrons. The third-order valence-electron chi connectivity index (χ3n) is 2.94. The number of hydrogen-bond donors (Lipinski definition) is 0. The molecule has 1 heterocycles. The van der Waals surface area contributed by atoms with Crippen molar-refractivity contribution in [3.8, 4) is 0 Å². The number of aryl methyl sites for hydroxylation is 1. The van der Waals surface area contributed by atoms with Gasteiger partial charge in [0, 0.05) is 13.1 Å². The Hall–Kier alpha value is -1.81. The number of aromatic nitrogens is 2. The molecule has 0 fully saturated rings.